The first kappa shape index (κ1) is 14.3. The van der Waals surface area contributed by atoms with Gasteiger partial charge in [-0.2, -0.15) is 0 Å². The molecule has 1 spiro atoms. The lowest BCUT2D eigenvalue weighted by Crippen LogP contribution is -2.60. The summed E-state index contributed by atoms with van der Waals surface area (Å²) in [4.78, 5) is 16.7. The average Bonchev–Trinajstić information content (AvgIpc) is 2.68. The number of hydrogen-bond acceptors (Lipinski definition) is 3. The Kier molecular flexibility index (Phi) is 3.57. The minimum atomic E-state index is -0.667. The number of amides is 1. The van der Waals surface area contributed by atoms with E-state index in [1.165, 1.54) is 19.5 Å². The van der Waals surface area contributed by atoms with E-state index < -0.39 is 5.60 Å². The Hall–Kier alpha value is -0.610. The minimum Gasteiger partial charge on any atom is -0.389 e. The number of hydrogen-bond donors (Lipinski definition) is 1. The molecule has 0 unspecified atom stereocenters. The molecule has 2 aliphatic heterocycles. The van der Waals surface area contributed by atoms with E-state index in [1.807, 2.05) is 4.90 Å². The van der Waals surface area contributed by atoms with Crippen molar-refractivity contribution in [2.45, 2.75) is 51.6 Å². The normalized spacial score (nSPS) is 27.7. The van der Waals surface area contributed by atoms with Crippen molar-refractivity contribution in [1.29, 1.82) is 0 Å². The van der Waals surface area contributed by atoms with Crippen LogP contribution in [0.2, 0.25) is 0 Å². The summed E-state index contributed by atoms with van der Waals surface area (Å²) in [6, 6.07) is 0. The molecule has 3 fully saturated rings. The molecular weight excluding hydrogens is 252 g/mol. The van der Waals surface area contributed by atoms with Crippen molar-refractivity contribution < 1.29 is 9.90 Å². The molecule has 1 aliphatic carbocycles. The summed E-state index contributed by atoms with van der Waals surface area (Å²) in [7, 11) is 0. The van der Waals surface area contributed by atoms with E-state index in [0.29, 0.717) is 11.8 Å². The van der Waals surface area contributed by atoms with Crippen LogP contribution in [0, 0.1) is 11.3 Å². The third kappa shape index (κ3) is 2.73. The van der Waals surface area contributed by atoms with Crippen LogP contribution >= 0.6 is 0 Å². The summed E-state index contributed by atoms with van der Waals surface area (Å²) in [6.45, 7) is 9.87. The number of carbonyl (C=O) groups excluding carboxylic acids is 1. The van der Waals surface area contributed by atoms with Crippen molar-refractivity contribution in [3.63, 3.8) is 0 Å². The zero-order valence-electron chi connectivity index (χ0n) is 12.9. The highest BCUT2D eigenvalue weighted by molar-refractivity contribution is 5.78. The molecule has 1 N–H and O–H groups in total. The van der Waals surface area contributed by atoms with E-state index in [0.717, 1.165) is 44.8 Å². The molecule has 3 rings (SSSR count). The van der Waals surface area contributed by atoms with Gasteiger partial charge in [0, 0.05) is 31.6 Å². The van der Waals surface area contributed by atoms with Crippen LogP contribution < -0.4 is 0 Å². The molecule has 4 heteroatoms. The van der Waals surface area contributed by atoms with Crippen LogP contribution in [0.15, 0.2) is 0 Å². The van der Waals surface area contributed by atoms with E-state index in [2.05, 4.69) is 18.7 Å². The molecular formula is C16H28N2O2. The lowest BCUT2D eigenvalue weighted by molar-refractivity contribution is -0.151. The predicted molar refractivity (Wildman–Crippen MR) is 78.3 cm³/mol. The average molecular weight is 280 g/mol. The van der Waals surface area contributed by atoms with Gasteiger partial charge in [0.15, 0.2) is 0 Å². The standard InChI is InChI=1S/C16H28N2O2/c1-13(2)9-17-7-6-15(10-17)11-18(12-15)14(19)8-16(20)4-3-5-16/h13,20H,3-12H2,1-2H3. The molecule has 0 aromatic rings. The molecule has 0 bridgehead atoms. The van der Waals surface area contributed by atoms with Gasteiger partial charge in [0.2, 0.25) is 5.91 Å². The molecule has 114 valence electrons. The van der Waals surface area contributed by atoms with Crippen LogP contribution in [-0.2, 0) is 4.79 Å². The van der Waals surface area contributed by atoms with Crippen LogP contribution in [0.25, 0.3) is 0 Å². The Balaban J connectivity index is 1.45. The van der Waals surface area contributed by atoms with E-state index in [-0.39, 0.29) is 5.91 Å². The molecule has 2 heterocycles. The Morgan fingerprint density at radius 3 is 2.45 bits per heavy atom. The van der Waals surface area contributed by atoms with Gasteiger partial charge < -0.3 is 14.9 Å². The first-order chi connectivity index (χ1) is 9.40. The van der Waals surface area contributed by atoms with Crippen LogP contribution in [-0.4, -0.2) is 59.1 Å². The molecule has 20 heavy (non-hydrogen) atoms. The molecule has 1 saturated carbocycles. The van der Waals surface area contributed by atoms with Crippen molar-refractivity contribution in [2.75, 3.05) is 32.7 Å². The van der Waals surface area contributed by atoms with Crippen molar-refractivity contribution in [3.8, 4) is 0 Å². The van der Waals surface area contributed by atoms with Crippen LogP contribution in [0.1, 0.15) is 46.0 Å². The molecule has 0 atom stereocenters. The smallest absolute Gasteiger partial charge is 0.225 e. The van der Waals surface area contributed by atoms with Gasteiger partial charge in [-0.15, -0.1) is 0 Å². The second-order valence-electron chi connectivity index (χ2n) is 7.88. The quantitative estimate of drug-likeness (QED) is 0.848. The molecule has 0 aromatic carbocycles. The van der Waals surface area contributed by atoms with Crippen molar-refractivity contribution in [1.82, 2.24) is 9.80 Å². The second-order valence-corrected chi connectivity index (χ2v) is 7.88. The van der Waals surface area contributed by atoms with Crippen LogP contribution in [0.3, 0.4) is 0 Å². The maximum atomic E-state index is 12.2. The predicted octanol–water partition coefficient (Wildman–Crippen LogP) is 1.48. The maximum absolute atomic E-state index is 12.2. The number of aliphatic hydroxyl groups is 1. The third-order valence-electron chi connectivity index (χ3n) is 5.31. The molecule has 0 aromatic heterocycles. The molecule has 0 radical (unpaired) electrons. The molecule has 4 nitrogen and oxygen atoms in total. The summed E-state index contributed by atoms with van der Waals surface area (Å²) in [5, 5.41) is 10.1. The van der Waals surface area contributed by atoms with Gasteiger partial charge in [0.1, 0.15) is 0 Å². The number of carbonyl (C=O) groups is 1. The second kappa shape index (κ2) is 4.99. The fraction of sp³-hybridized carbons (Fsp3) is 0.938. The van der Waals surface area contributed by atoms with Gasteiger partial charge in [0.05, 0.1) is 12.0 Å². The summed E-state index contributed by atoms with van der Waals surface area (Å²) in [6.07, 6.45) is 4.25. The summed E-state index contributed by atoms with van der Waals surface area (Å²) in [5.74, 6) is 0.885. The lowest BCUT2D eigenvalue weighted by atomic mass is 9.75. The lowest BCUT2D eigenvalue weighted by Gasteiger charge is -2.49. The zero-order valence-corrected chi connectivity index (χ0v) is 12.9. The highest BCUT2D eigenvalue weighted by Gasteiger charge is 2.50. The van der Waals surface area contributed by atoms with E-state index in [9.17, 15) is 9.90 Å². The van der Waals surface area contributed by atoms with Crippen molar-refractivity contribution in [3.05, 3.63) is 0 Å². The Labute approximate surface area is 122 Å². The van der Waals surface area contributed by atoms with Gasteiger partial charge in [0.25, 0.3) is 0 Å². The van der Waals surface area contributed by atoms with E-state index in [1.54, 1.807) is 0 Å². The van der Waals surface area contributed by atoms with Gasteiger partial charge >= 0.3 is 0 Å². The van der Waals surface area contributed by atoms with Gasteiger partial charge in [-0.05, 0) is 38.1 Å². The summed E-state index contributed by atoms with van der Waals surface area (Å²) >= 11 is 0. The Bertz CT molecular complexity index is 384. The van der Waals surface area contributed by atoms with Crippen LogP contribution in [0.4, 0.5) is 0 Å². The number of likely N-dealkylation sites (tertiary alicyclic amines) is 2. The van der Waals surface area contributed by atoms with Crippen molar-refractivity contribution >= 4 is 5.91 Å². The van der Waals surface area contributed by atoms with E-state index >= 15 is 0 Å². The summed E-state index contributed by atoms with van der Waals surface area (Å²) in [5.41, 5.74) is -0.300. The topological polar surface area (TPSA) is 43.8 Å². The Morgan fingerprint density at radius 1 is 1.20 bits per heavy atom. The number of nitrogens with zero attached hydrogens (tertiary/aromatic N) is 2. The highest BCUT2D eigenvalue weighted by atomic mass is 16.3. The first-order valence-corrected chi connectivity index (χ1v) is 8.12. The summed E-state index contributed by atoms with van der Waals surface area (Å²) < 4.78 is 0. The minimum absolute atomic E-state index is 0.167. The molecule has 1 amide bonds. The van der Waals surface area contributed by atoms with E-state index in [4.69, 9.17) is 0 Å². The van der Waals surface area contributed by atoms with Crippen LogP contribution in [0.5, 0.6) is 0 Å². The first-order valence-electron chi connectivity index (χ1n) is 8.12. The molecule has 3 aliphatic rings. The fourth-order valence-corrected chi connectivity index (χ4v) is 4.05. The number of rotatable bonds is 4. The van der Waals surface area contributed by atoms with Crippen molar-refractivity contribution in [2.24, 2.45) is 11.3 Å². The molecule has 2 saturated heterocycles. The zero-order chi connectivity index (χ0) is 14.4. The third-order valence-corrected chi connectivity index (χ3v) is 5.31. The highest BCUT2D eigenvalue weighted by Crippen LogP contribution is 2.41. The van der Waals surface area contributed by atoms with Gasteiger partial charge in [-0.25, -0.2) is 0 Å². The maximum Gasteiger partial charge on any atom is 0.225 e. The monoisotopic (exact) mass is 280 g/mol. The van der Waals surface area contributed by atoms with Gasteiger partial charge in [-0.1, -0.05) is 13.8 Å². The van der Waals surface area contributed by atoms with Gasteiger partial charge in [-0.3, -0.25) is 4.79 Å². The fourth-order valence-electron chi connectivity index (χ4n) is 4.05. The Morgan fingerprint density at radius 2 is 1.90 bits per heavy atom. The largest absolute Gasteiger partial charge is 0.389 e. The SMILES string of the molecule is CC(C)CN1CCC2(C1)CN(C(=O)CC1(O)CCC1)C2.